The van der Waals surface area contributed by atoms with Crippen molar-refractivity contribution < 1.29 is 39.2 Å². The summed E-state index contributed by atoms with van der Waals surface area (Å²) in [6, 6.07) is 4.59. The van der Waals surface area contributed by atoms with Crippen molar-refractivity contribution in [1.82, 2.24) is 9.88 Å². The standard InChI is InChI=1S/C23H33N3O3.C4H6O5/c1-28-23(16-7-10-25-20(11-16)21(24)27)17-3-2-4-18(23)13-26(12-17)19-5-8-22(9-6-19)14-29-15-22;5-2(4(8)9)1-3(6)7/h7,10-11,17-19H,2-6,8-9,12-15H2,1H3,(H2,24,27);2,5H,1H2,(H,6,7)(H,8,9)/t17-,18+,23?;2-/m.0/s1. The number of carboxylic acid groups (broad SMARTS) is 2. The molecular weight excluding hydrogens is 494 g/mol. The van der Waals surface area contributed by atoms with E-state index >= 15 is 0 Å². The summed E-state index contributed by atoms with van der Waals surface area (Å²) < 4.78 is 11.8. The van der Waals surface area contributed by atoms with Crippen LogP contribution in [0.1, 0.15) is 67.4 Å². The van der Waals surface area contributed by atoms with Crippen LogP contribution in [0, 0.1) is 17.3 Å². The van der Waals surface area contributed by atoms with Crippen LogP contribution in [0.3, 0.4) is 0 Å². The van der Waals surface area contributed by atoms with Crippen LogP contribution >= 0.6 is 0 Å². The highest BCUT2D eigenvalue weighted by atomic mass is 16.5. The predicted molar refractivity (Wildman–Crippen MR) is 135 cm³/mol. The van der Waals surface area contributed by atoms with E-state index in [0.717, 1.165) is 31.9 Å². The molecule has 11 nitrogen and oxygen atoms in total. The number of carboxylic acids is 2. The van der Waals surface area contributed by atoms with Gasteiger partial charge in [-0.05, 0) is 56.2 Å². The van der Waals surface area contributed by atoms with Gasteiger partial charge in [0.15, 0.2) is 6.10 Å². The molecule has 2 saturated heterocycles. The lowest BCUT2D eigenvalue weighted by molar-refractivity contribution is -0.182. The number of fused-ring (bicyclic) bond motifs is 2. The number of hydrogen-bond acceptors (Lipinski definition) is 8. The molecule has 3 heterocycles. The molecule has 2 bridgehead atoms. The lowest BCUT2D eigenvalue weighted by Crippen LogP contribution is -2.61. The molecule has 0 radical (unpaired) electrons. The number of aliphatic carboxylic acids is 2. The number of amides is 1. The molecule has 5 N–H and O–H groups in total. The van der Waals surface area contributed by atoms with E-state index in [-0.39, 0.29) is 5.60 Å². The minimum absolute atomic E-state index is 0.333. The number of aromatic nitrogens is 1. The number of pyridine rings is 1. The van der Waals surface area contributed by atoms with Crippen molar-refractivity contribution in [3.63, 3.8) is 0 Å². The lowest BCUT2D eigenvalue weighted by Gasteiger charge is -2.58. The molecule has 1 aromatic heterocycles. The van der Waals surface area contributed by atoms with Gasteiger partial charge in [-0.1, -0.05) is 6.42 Å². The van der Waals surface area contributed by atoms with Gasteiger partial charge in [0.1, 0.15) is 11.3 Å². The van der Waals surface area contributed by atoms with E-state index in [4.69, 9.17) is 30.5 Å². The van der Waals surface area contributed by atoms with Crippen LogP contribution in [0.5, 0.6) is 0 Å². The SMILES string of the molecule is COC1(c2ccnc(C(N)=O)c2)[C@@H]2CCC[C@H]1CN(C1CCC3(CC1)COC3)C2.O=C(O)C[C@H](O)C(=O)O. The van der Waals surface area contributed by atoms with Gasteiger partial charge in [-0.3, -0.25) is 19.5 Å². The maximum Gasteiger partial charge on any atom is 0.333 e. The molecule has 210 valence electrons. The Kier molecular flexibility index (Phi) is 8.71. The number of methoxy groups -OCH3 is 1. The highest BCUT2D eigenvalue weighted by Gasteiger charge is 2.54. The number of carbonyl (C=O) groups excluding carboxylic acids is 1. The number of hydrogen-bond donors (Lipinski definition) is 4. The monoisotopic (exact) mass is 533 g/mol. The van der Waals surface area contributed by atoms with Crippen LogP contribution in [0.25, 0.3) is 0 Å². The van der Waals surface area contributed by atoms with E-state index in [1.165, 1.54) is 44.9 Å². The lowest BCUT2D eigenvalue weighted by atomic mass is 9.61. The fraction of sp³-hybridized carbons (Fsp3) is 0.704. The number of nitrogens with zero attached hydrogens (tertiary/aromatic N) is 2. The molecule has 1 aromatic rings. The molecule has 11 heteroatoms. The summed E-state index contributed by atoms with van der Waals surface area (Å²) in [7, 11) is 1.84. The Bertz CT molecular complexity index is 1010. The summed E-state index contributed by atoms with van der Waals surface area (Å²) in [6.45, 7) is 4.10. The van der Waals surface area contributed by atoms with E-state index in [9.17, 15) is 14.4 Å². The van der Waals surface area contributed by atoms with Crippen LogP contribution in [0.2, 0.25) is 0 Å². The highest BCUT2D eigenvalue weighted by molar-refractivity contribution is 5.90. The van der Waals surface area contributed by atoms with Gasteiger partial charge >= 0.3 is 11.9 Å². The minimum Gasteiger partial charge on any atom is -0.481 e. The summed E-state index contributed by atoms with van der Waals surface area (Å²) in [5.74, 6) is -2.45. The van der Waals surface area contributed by atoms with Gasteiger partial charge in [-0.2, -0.15) is 0 Å². The molecule has 2 aliphatic carbocycles. The first-order chi connectivity index (χ1) is 18.1. The van der Waals surface area contributed by atoms with Crippen LogP contribution in [-0.2, 0) is 24.7 Å². The van der Waals surface area contributed by atoms with Gasteiger partial charge in [0.05, 0.1) is 19.6 Å². The van der Waals surface area contributed by atoms with Crippen molar-refractivity contribution in [3.05, 3.63) is 29.6 Å². The third-order valence-corrected chi connectivity index (χ3v) is 9.03. The Morgan fingerprint density at radius 1 is 1.16 bits per heavy atom. The Morgan fingerprint density at radius 3 is 2.24 bits per heavy atom. The zero-order valence-corrected chi connectivity index (χ0v) is 21.9. The fourth-order valence-electron chi connectivity index (χ4n) is 7.01. The third-order valence-electron chi connectivity index (χ3n) is 9.03. The second-order valence-corrected chi connectivity index (χ2v) is 11.2. The maximum absolute atomic E-state index is 11.7. The largest absolute Gasteiger partial charge is 0.481 e. The number of nitrogens with two attached hydrogens (primary N) is 1. The van der Waals surface area contributed by atoms with Crippen molar-refractivity contribution in [2.45, 2.75) is 69.1 Å². The average molecular weight is 534 g/mol. The van der Waals surface area contributed by atoms with E-state index in [1.807, 2.05) is 19.2 Å². The number of rotatable bonds is 7. The number of aliphatic hydroxyl groups excluding tert-OH is 1. The highest BCUT2D eigenvalue weighted by Crippen LogP contribution is 2.53. The van der Waals surface area contributed by atoms with Gasteiger partial charge in [0.2, 0.25) is 0 Å². The first kappa shape index (κ1) is 28.4. The normalized spacial score (nSPS) is 29.4. The molecule has 5 rings (SSSR count). The molecular formula is C27H39N3O8. The molecule has 1 amide bonds. The number of likely N-dealkylation sites (tertiary alicyclic amines) is 1. The summed E-state index contributed by atoms with van der Waals surface area (Å²) in [5.41, 5.74) is 7.09. The summed E-state index contributed by atoms with van der Waals surface area (Å²) >= 11 is 0. The smallest absolute Gasteiger partial charge is 0.333 e. The Morgan fingerprint density at radius 2 is 1.79 bits per heavy atom. The number of carbonyl (C=O) groups is 3. The van der Waals surface area contributed by atoms with E-state index < -0.39 is 30.4 Å². The number of ether oxygens (including phenoxy) is 2. The van der Waals surface area contributed by atoms with Crippen molar-refractivity contribution in [2.75, 3.05) is 33.4 Å². The van der Waals surface area contributed by atoms with Crippen LogP contribution in [0.15, 0.2) is 18.3 Å². The van der Waals surface area contributed by atoms with Gasteiger partial charge in [0.25, 0.3) is 5.91 Å². The molecule has 0 aromatic carbocycles. The van der Waals surface area contributed by atoms with Gasteiger partial charge in [-0.25, -0.2) is 4.79 Å². The van der Waals surface area contributed by atoms with Crippen LogP contribution in [0.4, 0.5) is 0 Å². The molecule has 2 aliphatic heterocycles. The van der Waals surface area contributed by atoms with Gasteiger partial charge < -0.3 is 30.5 Å². The second-order valence-electron chi connectivity index (χ2n) is 11.2. The van der Waals surface area contributed by atoms with Crippen molar-refractivity contribution in [3.8, 4) is 0 Å². The Balaban J connectivity index is 0.000000323. The summed E-state index contributed by atoms with van der Waals surface area (Å²) in [5, 5.41) is 24.1. The molecule has 38 heavy (non-hydrogen) atoms. The number of primary amides is 1. The zero-order valence-electron chi connectivity index (χ0n) is 21.9. The second kappa shape index (κ2) is 11.6. The molecule has 4 fully saturated rings. The van der Waals surface area contributed by atoms with E-state index in [2.05, 4.69) is 9.88 Å². The van der Waals surface area contributed by atoms with E-state index in [0.29, 0.717) is 29.0 Å². The average Bonchev–Trinajstić information content (AvgIpc) is 2.87. The summed E-state index contributed by atoms with van der Waals surface area (Å²) in [4.78, 5) is 38.0. The summed E-state index contributed by atoms with van der Waals surface area (Å²) in [6.07, 6.45) is 7.97. The van der Waals surface area contributed by atoms with Crippen molar-refractivity contribution in [1.29, 1.82) is 0 Å². The Labute approximate surface area is 222 Å². The number of piperidine rings is 1. The first-order valence-electron chi connectivity index (χ1n) is 13.4. The molecule has 1 spiro atoms. The van der Waals surface area contributed by atoms with Gasteiger partial charge in [-0.15, -0.1) is 0 Å². The predicted octanol–water partition coefficient (Wildman–Crippen LogP) is 1.62. The third kappa shape index (κ3) is 5.70. The topological polar surface area (TPSA) is 173 Å². The quantitative estimate of drug-likeness (QED) is 0.403. The molecule has 1 unspecified atom stereocenters. The fourth-order valence-corrected chi connectivity index (χ4v) is 7.01. The number of aliphatic hydroxyl groups is 1. The van der Waals surface area contributed by atoms with Crippen molar-refractivity contribution >= 4 is 17.8 Å². The maximum atomic E-state index is 11.7. The van der Waals surface area contributed by atoms with Crippen LogP contribution < -0.4 is 5.73 Å². The van der Waals surface area contributed by atoms with Crippen molar-refractivity contribution in [2.24, 2.45) is 23.0 Å². The zero-order chi connectivity index (χ0) is 27.5. The van der Waals surface area contributed by atoms with Crippen LogP contribution in [-0.4, -0.2) is 88.6 Å². The van der Waals surface area contributed by atoms with Gasteiger partial charge in [0, 0.05) is 49.7 Å². The Hall–Kier alpha value is -2.60. The minimum atomic E-state index is -1.79. The van der Waals surface area contributed by atoms with E-state index in [1.54, 1.807) is 6.20 Å². The molecule has 4 atom stereocenters. The molecule has 2 saturated carbocycles. The first-order valence-corrected chi connectivity index (χ1v) is 13.4. The molecule has 4 aliphatic rings.